The van der Waals surface area contributed by atoms with Crippen LogP contribution >= 0.6 is 69.6 Å². The van der Waals surface area contributed by atoms with Crippen LogP contribution in [0.3, 0.4) is 0 Å². The Labute approximate surface area is 135 Å². The molecule has 0 fully saturated rings. The second-order valence-electron chi connectivity index (χ2n) is 4.00. The zero-order valence-corrected chi connectivity index (χ0v) is 17.4. The molecule has 0 spiro atoms. The summed E-state index contributed by atoms with van der Waals surface area (Å²) in [5.74, 6) is 0. The van der Waals surface area contributed by atoms with E-state index in [1.165, 1.54) is 0 Å². The normalized spacial score (nSPS) is 14.1. The second kappa shape index (κ2) is 6.78. The summed E-state index contributed by atoms with van der Waals surface area (Å²) in [5.41, 5.74) is 0. The average molecular weight is 420 g/mol. The molecule has 0 aromatic rings. The third-order valence-electron chi connectivity index (χ3n) is 1.32. The fourth-order valence-electron chi connectivity index (χ4n) is 0.653. The van der Waals surface area contributed by atoms with Crippen molar-refractivity contribution in [3.05, 3.63) is 0 Å². The molecule has 0 aromatic heterocycles. The second-order valence-corrected chi connectivity index (χ2v) is 16.3. The Kier molecular flexibility index (Phi) is 7.84. The first-order valence-electron chi connectivity index (χ1n) is 4.23. The predicted molar refractivity (Wildman–Crippen MR) is 69.9 cm³/mol. The van der Waals surface area contributed by atoms with Crippen LogP contribution in [0.15, 0.2) is 0 Å². The molecular weight excluding hydrogens is 410 g/mol. The van der Waals surface area contributed by atoms with E-state index in [1.807, 2.05) is 19.6 Å². The monoisotopic (exact) mass is 416 g/mol. The molecule has 0 atom stereocenters. The first kappa shape index (κ1) is 18.5. The van der Waals surface area contributed by atoms with Gasteiger partial charge in [-0.15, -0.1) is 0 Å². The van der Waals surface area contributed by atoms with Crippen LogP contribution in [0.5, 0.6) is 0 Å². The Morgan fingerprint density at radius 3 is 1.56 bits per heavy atom. The summed E-state index contributed by atoms with van der Waals surface area (Å²) >= 11 is 32.2. The number of halogens is 6. The molecule has 0 aromatic carbocycles. The molecule has 0 aliphatic carbocycles. The van der Waals surface area contributed by atoms with Gasteiger partial charge < -0.3 is 0 Å². The van der Waals surface area contributed by atoms with Gasteiger partial charge in [-0.05, 0) is 0 Å². The van der Waals surface area contributed by atoms with E-state index in [0.29, 0.717) is 0 Å². The minimum absolute atomic E-state index is 1.12. The summed E-state index contributed by atoms with van der Waals surface area (Å²) in [6, 6.07) is 0. The first-order chi connectivity index (χ1) is 6.84. The summed E-state index contributed by atoms with van der Waals surface area (Å²) in [4.78, 5) is 0. The van der Waals surface area contributed by atoms with Crippen LogP contribution in [0.25, 0.3) is 0 Å². The van der Waals surface area contributed by atoms with Gasteiger partial charge in [0.05, 0.1) is 0 Å². The zero-order chi connectivity index (χ0) is 13.2. The van der Waals surface area contributed by atoms with Gasteiger partial charge in [-0.3, -0.25) is 0 Å². The van der Waals surface area contributed by atoms with Crippen molar-refractivity contribution in [1.82, 2.24) is 0 Å². The molecule has 0 heterocycles. The maximum atomic E-state index is 5.67. The van der Waals surface area contributed by atoms with Gasteiger partial charge >= 0.3 is 136 Å². The Morgan fingerprint density at radius 2 is 1.31 bits per heavy atom. The maximum absolute atomic E-state index is 5.67. The van der Waals surface area contributed by atoms with Crippen LogP contribution < -0.4 is 0 Å². The average Bonchev–Trinajstić information content (AvgIpc) is 1.90. The molecule has 0 amide bonds. The topological polar surface area (TPSA) is 18.5 Å². The van der Waals surface area contributed by atoms with Gasteiger partial charge in [0, 0.05) is 0 Å². The summed E-state index contributed by atoms with van der Waals surface area (Å²) < 4.78 is 7.37. The van der Waals surface area contributed by atoms with E-state index in [0.717, 1.165) is 0 Å². The van der Waals surface area contributed by atoms with E-state index in [9.17, 15) is 0 Å². The van der Waals surface area contributed by atoms with Crippen molar-refractivity contribution in [3.8, 4) is 0 Å². The Hall–Kier alpha value is 2.50. The van der Waals surface area contributed by atoms with Gasteiger partial charge in [-0.25, -0.2) is 0 Å². The van der Waals surface area contributed by atoms with Crippen LogP contribution in [0, 0.1) is 0 Å². The molecule has 0 radical (unpaired) electrons. The van der Waals surface area contributed by atoms with Gasteiger partial charge in [0.1, 0.15) is 0 Å². The summed E-state index contributed by atoms with van der Waals surface area (Å²) in [7, 11) is -1.64. The van der Waals surface area contributed by atoms with Crippen molar-refractivity contribution in [2.24, 2.45) is 0 Å². The van der Waals surface area contributed by atoms with Gasteiger partial charge in [-0.2, -0.15) is 0 Å². The Morgan fingerprint density at radius 1 is 0.938 bits per heavy atom. The fraction of sp³-hybridized carbons (Fsp3) is 1.00. The van der Waals surface area contributed by atoms with Crippen LogP contribution in [0.1, 0.15) is 0 Å². The standard InChI is InChI=1S/C3HCl6O.C3H9OSi.Zn/c4-2(5,6)1(10)3(7,8)9;1-5(2,3)4;/h1H;1-3H3;/q2*-1;+2. The van der Waals surface area contributed by atoms with Gasteiger partial charge in [0.2, 0.25) is 0 Å². The number of hydrogen-bond acceptors (Lipinski definition) is 2. The van der Waals surface area contributed by atoms with Crippen molar-refractivity contribution in [3.63, 3.8) is 0 Å². The van der Waals surface area contributed by atoms with Crippen LogP contribution in [-0.4, -0.2) is 22.0 Å². The van der Waals surface area contributed by atoms with Crippen molar-refractivity contribution in [2.45, 2.75) is 33.3 Å². The van der Waals surface area contributed by atoms with Crippen LogP contribution in [0.2, 0.25) is 19.6 Å². The molecule has 0 saturated heterocycles. The van der Waals surface area contributed by atoms with Gasteiger partial charge in [-0.1, -0.05) is 0 Å². The summed E-state index contributed by atoms with van der Waals surface area (Å²) in [6.45, 7) is 6.09. The minimum atomic E-state index is -1.79. The van der Waals surface area contributed by atoms with Crippen LogP contribution in [0.4, 0.5) is 0 Å². The number of hydrogen-bond donors (Lipinski definition) is 0. The molecule has 10 heteroatoms. The number of alkyl halides is 6. The predicted octanol–water partition coefficient (Wildman–Crippen LogP) is 4.88. The van der Waals surface area contributed by atoms with E-state index in [-0.39, 0.29) is 0 Å². The third-order valence-corrected chi connectivity index (χ3v) is 10.7. The van der Waals surface area contributed by atoms with Gasteiger partial charge in [0.25, 0.3) is 0 Å². The van der Waals surface area contributed by atoms with Crippen molar-refractivity contribution < 1.29 is 24.7 Å². The molecule has 0 N–H and O–H groups in total. The molecule has 94 valence electrons. The van der Waals surface area contributed by atoms with Crippen molar-refractivity contribution in [1.29, 1.82) is 0 Å². The van der Waals surface area contributed by atoms with E-state index in [2.05, 4.69) is 0 Å². The number of rotatable bonds is 4. The molecule has 2 nitrogen and oxygen atoms in total. The van der Waals surface area contributed by atoms with Crippen molar-refractivity contribution >= 4 is 77.9 Å². The van der Waals surface area contributed by atoms with E-state index in [4.69, 9.17) is 76.4 Å². The molecular formula is C6H10Cl6O2SiZn. The molecule has 0 unspecified atom stereocenters. The molecule has 0 aliphatic rings. The quantitative estimate of drug-likeness (QED) is 0.477. The van der Waals surface area contributed by atoms with E-state index >= 15 is 0 Å². The van der Waals surface area contributed by atoms with E-state index in [1.54, 1.807) is 0 Å². The molecule has 0 aliphatic heterocycles. The zero-order valence-electron chi connectivity index (χ0n) is 8.87. The van der Waals surface area contributed by atoms with Gasteiger partial charge in [0.15, 0.2) is 0 Å². The fourth-order valence-corrected chi connectivity index (χ4v) is 8.26. The Bertz CT molecular complexity index is 209. The Balaban J connectivity index is 4.38. The third kappa shape index (κ3) is 8.58. The summed E-state index contributed by atoms with van der Waals surface area (Å²) in [6.07, 6.45) is -1.12. The molecule has 16 heavy (non-hydrogen) atoms. The molecule has 0 bridgehead atoms. The summed E-state index contributed by atoms with van der Waals surface area (Å²) in [5, 5.41) is 0. The SMILES string of the molecule is C[Si](C)(C)[O][Zn][O]C(C(Cl)(Cl)Cl)C(Cl)(Cl)Cl. The molecule has 0 rings (SSSR count). The molecule has 0 saturated carbocycles. The van der Waals surface area contributed by atoms with E-state index < -0.39 is 39.9 Å². The van der Waals surface area contributed by atoms with Crippen molar-refractivity contribution in [2.75, 3.05) is 0 Å². The first-order valence-corrected chi connectivity index (χ1v) is 12.3. The van der Waals surface area contributed by atoms with Crippen LogP contribution in [-0.2, 0) is 24.7 Å².